The number of nitrogens with one attached hydrogen (secondary N) is 1. The maximum atomic E-state index is 11.9. The molecule has 110 valence electrons. The van der Waals surface area contributed by atoms with Crippen LogP contribution in [0.15, 0.2) is 54.6 Å². The van der Waals surface area contributed by atoms with Crippen molar-refractivity contribution in [3.05, 3.63) is 65.7 Å². The maximum Gasteiger partial charge on any atom is 0.251 e. The highest BCUT2D eigenvalue weighted by molar-refractivity contribution is 5.94. The van der Waals surface area contributed by atoms with Crippen molar-refractivity contribution in [2.24, 2.45) is 0 Å². The van der Waals surface area contributed by atoms with Gasteiger partial charge in [0.2, 0.25) is 0 Å². The summed E-state index contributed by atoms with van der Waals surface area (Å²) in [4.78, 5) is 11.9. The number of hydrogen-bond donors (Lipinski definition) is 1. The van der Waals surface area contributed by atoms with Crippen LogP contribution in [-0.4, -0.2) is 11.5 Å². The number of rotatable bonds is 4. The van der Waals surface area contributed by atoms with Crippen molar-refractivity contribution in [3.8, 4) is 5.75 Å². The summed E-state index contributed by atoms with van der Waals surface area (Å²) in [5, 5.41) is 2.90. The van der Waals surface area contributed by atoms with Crippen LogP contribution in [0.4, 0.5) is 0 Å². The molecule has 0 fully saturated rings. The quantitative estimate of drug-likeness (QED) is 0.927. The molecule has 0 radical (unpaired) electrons. The average Bonchev–Trinajstić information content (AvgIpc) is 2.45. The molecule has 0 aromatic heterocycles. The van der Waals surface area contributed by atoms with E-state index in [1.54, 1.807) is 12.1 Å². The van der Waals surface area contributed by atoms with Crippen LogP contribution >= 0.6 is 0 Å². The van der Waals surface area contributed by atoms with Crippen molar-refractivity contribution in [1.82, 2.24) is 5.32 Å². The Labute approximate surface area is 126 Å². The van der Waals surface area contributed by atoms with E-state index in [0.29, 0.717) is 12.1 Å². The molecular weight excluding hydrogens is 262 g/mol. The van der Waals surface area contributed by atoms with Crippen molar-refractivity contribution in [2.45, 2.75) is 32.9 Å². The lowest BCUT2D eigenvalue weighted by atomic mass is 10.1. The Balaban J connectivity index is 1.91. The van der Waals surface area contributed by atoms with E-state index in [9.17, 15) is 4.79 Å². The van der Waals surface area contributed by atoms with E-state index in [2.05, 4.69) is 5.32 Å². The summed E-state index contributed by atoms with van der Waals surface area (Å²) < 4.78 is 5.76. The summed E-state index contributed by atoms with van der Waals surface area (Å²) in [5.41, 5.74) is 1.51. The van der Waals surface area contributed by atoms with Crippen LogP contribution in [0.3, 0.4) is 0 Å². The molecule has 2 aromatic rings. The molecule has 21 heavy (non-hydrogen) atoms. The molecular formula is C18H21NO2. The minimum absolute atomic E-state index is 0.0642. The first kappa shape index (κ1) is 15.1. The Kier molecular flexibility index (Phi) is 4.63. The zero-order valence-electron chi connectivity index (χ0n) is 12.7. The number of amides is 1. The Morgan fingerprint density at radius 2 is 1.62 bits per heavy atom. The topological polar surface area (TPSA) is 38.3 Å². The van der Waals surface area contributed by atoms with Crippen LogP contribution < -0.4 is 10.1 Å². The van der Waals surface area contributed by atoms with Gasteiger partial charge in [-0.25, -0.2) is 0 Å². The second-order valence-electron chi connectivity index (χ2n) is 5.91. The first-order chi connectivity index (χ1) is 9.94. The number of hydrogen-bond acceptors (Lipinski definition) is 2. The minimum Gasteiger partial charge on any atom is -0.488 e. The molecule has 0 saturated carbocycles. The summed E-state index contributed by atoms with van der Waals surface area (Å²) in [7, 11) is 0. The SMILES string of the molecule is CC(C)(C)Oc1ccc(CNC(=O)c2ccccc2)cc1. The molecule has 2 aromatic carbocycles. The van der Waals surface area contributed by atoms with E-state index in [-0.39, 0.29) is 11.5 Å². The van der Waals surface area contributed by atoms with Crippen LogP contribution in [-0.2, 0) is 6.54 Å². The first-order valence-electron chi connectivity index (χ1n) is 7.05. The fourth-order valence-corrected chi connectivity index (χ4v) is 1.90. The van der Waals surface area contributed by atoms with Crippen molar-refractivity contribution in [1.29, 1.82) is 0 Å². The molecule has 0 spiro atoms. The van der Waals surface area contributed by atoms with Gasteiger partial charge in [-0.1, -0.05) is 30.3 Å². The highest BCUT2D eigenvalue weighted by atomic mass is 16.5. The predicted molar refractivity (Wildman–Crippen MR) is 84.4 cm³/mol. The molecule has 1 N–H and O–H groups in total. The molecule has 0 bridgehead atoms. The number of carbonyl (C=O) groups excluding carboxylic acids is 1. The van der Waals surface area contributed by atoms with Gasteiger partial charge in [0.15, 0.2) is 0 Å². The van der Waals surface area contributed by atoms with Gasteiger partial charge in [0.1, 0.15) is 11.4 Å². The Morgan fingerprint density at radius 3 is 2.19 bits per heavy atom. The normalized spacial score (nSPS) is 11.0. The number of benzene rings is 2. The Hall–Kier alpha value is -2.29. The van der Waals surface area contributed by atoms with E-state index in [0.717, 1.165) is 11.3 Å². The molecule has 0 aliphatic rings. The van der Waals surface area contributed by atoms with Gasteiger partial charge in [-0.15, -0.1) is 0 Å². The van der Waals surface area contributed by atoms with E-state index in [1.807, 2.05) is 63.2 Å². The van der Waals surface area contributed by atoms with Crippen LogP contribution in [0.5, 0.6) is 5.75 Å². The van der Waals surface area contributed by atoms with Crippen molar-refractivity contribution >= 4 is 5.91 Å². The second kappa shape index (κ2) is 6.44. The molecule has 0 unspecified atom stereocenters. The predicted octanol–water partition coefficient (Wildman–Crippen LogP) is 3.79. The largest absolute Gasteiger partial charge is 0.488 e. The zero-order chi connectivity index (χ0) is 15.3. The molecule has 0 aliphatic heterocycles. The van der Waals surface area contributed by atoms with Crippen molar-refractivity contribution in [2.75, 3.05) is 0 Å². The van der Waals surface area contributed by atoms with Crippen LogP contribution in [0, 0.1) is 0 Å². The van der Waals surface area contributed by atoms with Crippen molar-refractivity contribution < 1.29 is 9.53 Å². The average molecular weight is 283 g/mol. The van der Waals surface area contributed by atoms with Crippen LogP contribution in [0.1, 0.15) is 36.7 Å². The summed E-state index contributed by atoms with van der Waals surface area (Å²) in [6.45, 7) is 6.55. The summed E-state index contributed by atoms with van der Waals surface area (Å²) in [6.07, 6.45) is 0. The fourth-order valence-electron chi connectivity index (χ4n) is 1.90. The Bertz CT molecular complexity index is 583. The lowest BCUT2D eigenvalue weighted by Gasteiger charge is -2.21. The lowest BCUT2D eigenvalue weighted by Crippen LogP contribution is -2.23. The molecule has 1 amide bonds. The smallest absolute Gasteiger partial charge is 0.251 e. The highest BCUT2D eigenvalue weighted by Crippen LogP contribution is 2.18. The van der Waals surface area contributed by atoms with Crippen LogP contribution in [0.2, 0.25) is 0 Å². The van der Waals surface area contributed by atoms with Gasteiger partial charge in [0.25, 0.3) is 5.91 Å². The zero-order valence-corrected chi connectivity index (χ0v) is 12.7. The summed E-state index contributed by atoms with van der Waals surface area (Å²) in [5.74, 6) is 0.770. The third-order valence-corrected chi connectivity index (χ3v) is 2.84. The van der Waals surface area contributed by atoms with Gasteiger partial charge in [0, 0.05) is 12.1 Å². The molecule has 3 nitrogen and oxygen atoms in total. The Morgan fingerprint density at radius 1 is 1.00 bits per heavy atom. The van der Waals surface area contributed by atoms with Gasteiger partial charge in [-0.2, -0.15) is 0 Å². The third-order valence-electron chi connectivity index (χ3n) is 2.84. The number of carbonyl (C=O) groups is 1. The van der Waals surface area contributed by atoms with Gasteiger partial charge in [-0.3, -0.25) is 4.79 Å². The first-order valence-corrected chi connectivity index (χ1v) is 7.05. The molecule has 2 rings (SSSR count). The van der Waals surface area contributed by atoms with E-state index < -0.39 is 0 Å². The van der Waals surface area contributed by atoms with Gasteiger partial charge >= 0.3 is 0 Å². The highest BCUT2D eigenvalue weighted by Gasteiger charge is 2.11. The molecule has 0 saturated heterocycles. The van der Waals surface area contributed by atoms with E-state index in [4.69, 9.17) is 4.74 Å². The molecule has 0 aliphatic carbocycles. The second-order valence-corrected chi connectivity index (χ2v) is 5.91. The third kappa shape index (κ3) is 4.95. The van der Waals surface area contributed by atoms with Gasteiger partial charge in [-0.05, 0) is 50.6 Å². The van der Waals surface area contributed by atoms with Gasteiger partial charge < -0.3 is 10.1 Å². The monoisotopic (exact) mass is 283 g/mol. The fraction of sp³-hybridized carbons (Fsp3) is 0.278. The number of ether oxygens (including phenoxy) is 1. The molecule has 0 atom stereocenters. The maximum absolute atomic E-state index is 11.9. The van der Waals surface area contributed by atoms with Gasteiger partial charge in [0.05, 0.1) is 0 Å². The standard InChI is InChI=1S/C18H21NO2/c1-18(2,3)21-16-11-9-14(10-12-16)13-19-17(20)15-7-5-4-6-8-15/h4-12H,13H2,1-3H3,(H,19,20). The lowest BCUT2D eigenvalue weighted by molar-refractivity contribution is 0.0951. The van der Waals surface area contributed by atoms with Crippen molar-refractivity contribution in [3.63, 3.8) is 0 Å². The van der Waals surface area contributed by atoms with E-state index >= 15 is 0 Å². The summed E-state index contributed by atoms with van der Waals surface area (Å²) >= 11 is 0. The van der Waals surface area contributed by atoms with E-state index in [1.165, 1.54) is 0 Å². The molecule has 3 heteroatoms. The van der Waals surface area contributed by atoms with Crippen LogP contribution in [0.25, 0.3) is 0 Å². The molecule has 0 heterocycles. The minimum atomic E-state index is -0.205. The summed E-state index contributed by atoms with van der Waals surface area (Å²) in [6, 6.07) is 17.0.